The summed E-state index contributed by atoms with van der Waals surface area (Å²) in [5.41, 5.74) is 4.68. The Morgan fingerprint density at radius 1 is 1.25 bits per heavy atom. The molecule has 3 aromatic rings. The maximum Gasteiger partial charge on any atom is 0.0955 e. The Hall–Kier alpha value is -2.18. The van der Waals surface area contributed by atoms with Crippen LogP contribution in [0.15, 0.2) is 36.9 Å². The van der Waals surface area contributed by atoms with E-state index in [-0.39, 0.29) is 12.5 Å². The Morgan fingerprint density at radius 3 is 2.88 bits per heavy atom. The van der Waals surface area contributed by atoms with E-state index < -0.39 is 0 Å². The smallest absolute Gasteiger partial charge is 0.0955 e. The number of aryl methyl sites for hydroxylation is 2. The van der Waals surface area contributed by atoms with Crippen LogP contribution in [0.4, 0.5) is 0 Å². The van der Waals surface area contributed by atoms with Crippen LogP contribution in [0, 0.1) is 5.92 Å². The molecule has 0 bridgehead atoms. The van der Waals surface area contributed by atoms with Gasteiger partial charge in [0, 0.05) is 58.4 Å². The van der Waals surface area contributed by atoms with Gasteiger partial charge in [0.15, 0.2) is 0 Å². The summed E-state index contributed by atoms with van der Waals surface area (Å²) in [4.78, 5) is 6.86. The summed E-state index contributed by atoms with van der Waals surface area (Å²) in [6.07, 6.45) is 5.85. The molecule has 0 saturated carbocycles. The van der Waals surface area contributed by atoms with Crippen molar-refractivity contribution in [2.24, 2.45) is 20.0 Å². The molecule has 6 nitrogen and oxygen atoms in total. The number of likely N-dealkylation sites (tertiary alicyclic amines) is 1. The average molecular weight is 325 g/mol. The van der Waals surface area contributed by atoms with Crippen LogP contribution < -0.4 is 0 Å². The summed E-state index contributed by atoms with van der Waals surface area (Å²) in [5.74, 6) is 0.620. The molecule has 3 heterocycles. The normalized spacial score (nSPS) is 21.8. The molecule has 24 heavy (non-hydrogen) atoms. The number of aliphatic hydroxyl groups is 1. The average Bonchev–Trinajstić information content (AvgIpc) is 3.27. The number of aromatic nitrogens is 4. The van der Waals surface area contributed by atoms with Crippen molar-refractivity contribution < 1.29 is 5.11 Å². The molecule has 0 radical (unpaired) electrons. The van der Waals surface area contributed by atoms with Crippen molar-refractivity contribution in [3.05, 3.63) is 48.0 Å². The van der Waals surface area contributed by atoms with E-state index >= 15 is 0 Å². The van der Waals surface area contributed by atoms with Crippen LogP contribution in [0.1, 0.15) is 17.0 Å². The fourth-order valence-electron chi connectivity index (χ4n) is 3.82. The summed E-state index contributed by atoms with van der Waals surface area (Å²) in [5, 5.41) is 14.0. The highest BCUT2D eigenvalue weighted by atomic mass is 16.3. The third-order valence-corrected chi connectivity index (χ3v) is 5.10. The second-order valence-electron chi connectivity index (χ2n) is 6.87. The van der Waals surface area contributed by atoms with Crippen LogP contribution >= 0.6 is 0 Å². The fraction of sp³-hybridized carbons (Fsp3) is 0.444. The molecule has 1 saturated heterocycles. The van der Waals surface area contributed by atoms with Gasteiger partial charge in [-0.3, -0.25) is 9.58 Å². The second-order valence-corrected chi connectivity index (χ2v) is 6.87. The predicted octanol–water partition coefficient (Wildman–Crippen LogP) is 1.51. The van der Waals surface area contributed by atoms with Gasteiger partial charge in [0.25, 0.3) is 0 Å². The Labute approximate surface area is 141 Å². The molecule has 0 amide bonds. The van der Waals surface area contributed by atoms with Crippen molar-refractivity contribution in [3.8, 4) is 0 Å². The molecule has 4 rings (SSSR count). The Bertz CT molecular complexity index is 852. The van der Waals surface area contributed by atoms with Gasteiger partial charge < -0.3 is 9.67 Å². The van der Waals surface area contributed by atoms with Gasteiger partial charge in [-0.25, -0.2) is 4.98 Å². The minimum absolute atomic E-state index is 0.218. The first-order valence-electron chi connectivity index (χ1n) is 8.36. The predicted molar refractivity (Wildman–Crippen MR) is 92.5 cm³/mol. The molecule has 1 aliphatic rings. The summed E-state index contributed by atoms with van der Waals surface area (Å²) in [7, 11) is 3.95. The summed E-state index contributed by atoms with van der Waals surface area (Å²) in [6, 6.07) is 6.48. The van der Waals surface area contributed by atoms with E-state index in [9.17, 15) is 5.11 Å². The Kier molecular flexibility index (Phi) is 3.86. The van der Waals surface area contributed by atoms with Crippen molar-refractivity contribution in [2.75, 3.05) is 19.7 Å². The first-order valence-corrected chi connectivity index (χ1v) is 8.36. The van der Waals surface area contributed by atoms with Gasteiger partial charge in [0.05, 0.1) is 23.6 Å². The molecular weight excluding hydrogens is 302 g/mol. The molecule has 2 atom stereocenters. The van der Waals surface area contributed by atoms with Gasteiger partial charge in [0.1, 0.15) is 0 Å². The van der Waals surface area contributed by atoms with Crippen LogP contribution in [0.25, 0.3) is 11.0 Å². The number of fused-ring (bicyclic) bond motifs is 1. The number of nitrogens with zero attached hydrogens (tertiary/aromatic N) is 5. The Balaban J connectivity index is 1.52. The monoisotopic (exact) mass is 325 g/mol. The van der Waals surface area contributed by atoms with Gasteiger partial charge in [-0.1, -0.05) is 6.07 Å². The molecule has 1 aromatic carbocycles. The third-order valence-electron chi connectivity index (χ3n) is 5.10. The largest absolute Gasteiger partial charge is 0.396 e. The minimum atomic E-state index is 0.218. The first kappa shape index (κ1) is 15.4. The molecule has 0 unspecified atom stereocenters. The lowest BCUT2D eigenvalue weighted by Crippen LogP contribution is -2.20. The lowest BCUT2D eigenvalue weighted by atomic mass is 9.92. The molecule has 0 aliphatic carbocycles. The van der Waals surface area contributed by atoms with E-state index in [1.807, 2.05) is 35.9 Å². The van der Waals surface area contributed by atoms with E-state index in [0.717, 1.165) is 30.7 Å². The van der Waals surface area contributed by atoms with Gasteiger partial charge in [-0.05, 0) is 23.3 Å². The SMILES string of the molecule is Cn1cc([C@@H]2CN(Cc3ccc4c(c3)ncn4C)C[C@H]2CO)cn1. The quantitative estimate of drug-likeness (QED) is 0.790. The van der Waals surface area contributed by atoms with E-state index in [1.165, 1.54) is 11.1 Å². The first-order chi connectivity index (χ1) is 11.6. The fourth-order valence-corrected chi connectivity index (χ4v) is 3.82. The lowest BCUT2D eigenvalue weighted by molar-refractivity contribution is 0.214. The Morgan fingerprint density at radius 2 is 2.12 bits per heavy atom. The minimum Gasteiger partial charge on any atom is -0.396 e. The maximum absolute atomic E-state index is 9.77. The van der Waals surface area contributed by atoms with Gasteiger partial charge >= 0.3 is 0 Å². The number of hydrogen-bond acceptors (Lipinski definition) is 4. The summed E-state index contributed by atoms with van der Waals surface area (Å²) < 4.78 is 3.87. The lowest BCUT2D eigenvalue weighted by Gasteiger charge is -2.15. The standard InChI is InChI=1S/C18H23N5O/c1-21-12-19-17-5-13(3-4-18(17)21)7-23-9-15(11-24)16(10-23)14-6-20-22(2)8-14/h3-6,8,12,15-16,24H,7,9-11H2,1-2H3/t15-,16-/m0/s1. The molecular formula is C18H23N5O. The molecule has 1 fully saturated rings. The molecule has 126 valence electrons. The topological polar surface area (TPSA) is 59.1 Å². The van der Waals surface area contributed by atoms with E-state index in [0.29, 0.717) is 5.92 Å². The number of rotatable bonds is 4. The van der Waals surface area contributed by atoms with Crippen LogP contribution in [0.3, 0.4) is 0 Å². The molecule has 6 heteroatoms. The number of benzene rings is 1. The molecule has 1 aliphatic heterocycles. The zero-order valence-corrected chi connectivity index (χ0v) is 14.1. The number of imidazole rings is 1. The third kappa shape index (κ3) is 2.72. The van der Waals surface area contributed by atoms with E-state index in [1.54, 1.807) is 0 Å². The van der Waals surface area contributed by atoms with Crippen LogP contribution in [-0.2, 0) is 20.6 Å². The van der Waals surface area contributed by atoms with Crippen molar-refractivity contribution in [2.45, 2.75) is 12.5 Å². The maximum atomic E-state index is 9.77. The highest BCUT2D eigenvalue weighted by Gasteiger charge is 2.33. The molecule has 0 spiro atoms. The molecule has 2 aromatic heterocycles. The van der Waals surface area contributed by atoms with Crippen molar-refractivity contribution in [3.63, 3.8) is 0 Å². The van der Waals surface area contributed by atoms with Crippen molar-refractivity contribution in [1.29, 1.82) is 0 Å². The number of hydrogen-bond donors (Lipinski definition) is 1. The van der Waals surface area contributed by atoms with Crippen LogP contribution in [0.2, 0.25) is 0 Å². The highest BCUT2D eigenvalue weighted by molar-refractivity contribution is 5.75. The van der Waals surface area contributed by atoms with Gasteiger partial charge in [-0.15, -0.1) is 0 Å². The van der Waals surface area contributed by atoms with Crippen molar-refractivity contribution >= 4 is 11.0 Å². The van der Waals surface area contributed by atoms with E-state index in [2.05, 4.69) is 39.4 Å². The van der Waals surface area contributed by atoms with Gasteiger partial charge in [-0.2, -0.15) is 5.10 Å². The van der Waals surface area contributed by atoms with Crippen LogP contribution in [-0.4, -0.2) is 49.0 Å². The second kappa shape index (κ2) is 6.03. The zero-order chi connectivity index (χ0) is 16.7. The van der Waals surface area contributed by atoms with Crippen LogP contribution in [0.5, 0.6) is 0 Å². The zero-order valence-electron chi connectivity index (χ0n) is 14.1. The van der Waals surface area contributed by atoms with Crippen molar-refractivity contribution in [1.82, 2.24) is 24.2 Å². The number of aliphatic hydroxyl groups excluding tert-OH is 1. The summed E-state index contributed by atoms with van der Waals surface area (Å²) in [6.45, 7) is 2.97. The summed E-state index contributed by atoms with van der Waals surface area (Å²) >= 11 is 0. The van der Waals surface area contributed by atoms with E-state index in [4.69, 9.17) is 0 Å². The highest BCUT2D eigenvalue weighted by Crippen LogP contribution is 2.33. The molecule has 1 N–H and O–H groups in total. The van der Waals surface area contributed by atoms with Gasteiger partial charge in [0.2, 0.25) is 0 Å².